The van der Waals surface area contributed by atoms with Crippen LogP contribution in [0.5, 0.6) is 0 Å². The van der Waals surface area contributed by atoms with Crippen LogP contribution in [-0.2, 0) is 16.1 Å². The van der Waals surface area contributed by atoms with Crippen molar-refractivity contribution in [1.29, 1.82) is 0 Å². The molecule has 2 amide bonds. The lowest BCUT2D eigenvalue weighted by Gasteiger charge is -2.31. The van der Waals surface area contributed by atoms with Crippen LogP contribution in [0, 0.1) is 12.8 Å². The number of carbonyl (C=O) groups excluding carboxylic acids is 2. The van der Waals surface area contributed by atoms with Crippen molar-refractivity contribution < 1.29 is 9.59 Å². The Bertz CT molecular complexity index is 631. The van der Waals surface area contributed by atoms with E-state index in [1.165, 1.54) is 11.1 Å². The Balaban J connectivity index is 1.55. The molecule has 5 nitrogen and oxygen atoms in total. The molecule has 0 aromatic heterocycles. The van der Waals surface area contributed by atoms with Crippen molar-refractivity contribution in [3.8, 4) is 0 Å². The minimum atomic E-state index is -0.119. The Morgan fingerprint density at radius 2 is 1.92 bits per heavy atom. The molecular weight excluding hydrogens is 314 g/mol. The minimum absolute atomic E-state index is 0.0978. The molecular formula is C20H29N3O2. The maximum absolute atomic E-state index is 12.8. The molecule has 0 unspecified atom stereocenters. The zero-order valence-corrected chi connectivity index (χ0v) is 15.4. The molecule has 0 N–H and O–H groups in total. The van der Waals surface area contributed by atoms with Crippen LogP contribution >= 0.6 is 0 Å². The number of hydrogen-bond donors (Lipinski definition) is 0. The largest absolute Gasteiger partial charge is 0.346 e. The zero-order valence-electron chi connectivity index (χ0n) is 15.4. The Morgan fingerprint density at radius 1 is 1.12 bits per heavy atom. The van der Waals surface area contributed by atoms with Gasteiger partial charge in [-0.15, -0.1) is 0 Å². The van der Waals surface area contributed by atoms with E-state index >= 15 is 0 Å². The number of rotatable bonds is 3. The summed E-state index contributed by atoms with van der Waals surface area (Å²) in [5.74, 6) is 0.159. The first-order valence-corrected chi connectivity index (χ1v) is 9.34. The fraction of sp³-hybridized carbons (Fsp3) is 0.600. The first kappa shape index (κ1) is 17.9. The summed E-state index contributed by atoms with van der Waals surface area (Å²) in [6.07, 6.45) is 2.17. The van der Waals surface area contributed by atoms with Crippen LogP contribution in [0.1, 0.15) is 30.4 Å². The lowest BCUT2D eigenvalue weighted by Crippen LogP contribution is -2.44. The molecule has 136 valence electrons. The van der Waals surface area contributed by atoms with Crippen molar-refractivity contribution in [1.82, 2.24) is 14.7 Å². The third-order valence-electron chi connectivity index (χ3n) is 5.56. The number of nitrogens with zero attached hydrogens (tertiary/aromatic N) is 3. The summed E-state index contributed by atoms with van der Waals surface area (Å²) in [7, 11) is 1.82. The Hall–Kier alpha value is -1.88. The molecule has 0 aliphatic carbocycles. The maximum Gasteiger partial charge on any atom is 0.226 e. The third kappa shape index (κ3) is 4.40. The van der Waals surface area contributed by atoms with Gasteiger partial charge in [0.15, 0.2) is 0 Å². The van der Waals surface area contributed by atoms with E-state index in [0.717, 1.165) is 45.6 Å². The van der Waals surface area contributed by atoms with Gasteiger partial charge in [-0.1, -0.05) is 24.3 Å². The molecule has 2 heterocycles. The summed E-state index contributed by atoms with van der Waals surface area (Å²) < 4.78 is 0. The molecule has 0 saturated carbocycles. The highest BCUT2D eigenvalue weighted by Gasteiger charge is 2.32. The van der Waals surface area contributed by atoms with Crippen LogP contribution in [-0.4, -0.2) is 66.3 Å². The van der Waals surface area contributed by atoms with Gasteiger partial charge in [0.05, 0.1) is 0 Å². The van der Waals surface area contributed by atoms with Crippen molar-refractivity contribution in [2.75, 3.05) is 39.8 Å². The van der Waals surface area contributed by atoms with Gasteiger partial charge >= 0.3 is 0 Å². The van der Waals surface area contributed by atoms with Crippen molar-refractivity contribution >= 4 is 11.8 Å². The quantitative estimate of drug-likeness (QED) is 0.842. The highest BCUT2D eigenvalue weighted by atomic mass is 16.2. The van der Waals surface area contributed by atoms with E-state index in [9.17, 15) is 9.59 Å². The second-order valence-corrected chi connectivity index (χ2v) is 7.39. The van der Waals surface area contributed by atoms with E-state index in [4.69, 9.17) is 0 Å². The van der Waals surface area contributed by atoms with Crippen LogP contribution in [0.3, 0.4) is 0 Å². The Kier molecular flexibility index (Phi) is 5.74. The lowest BCUT2D eigenvalue weighted by molar-refractivity contribution is -0.144. The van der Waals surface area contributed by atoms with Gasteiger partial charge in [0, 0.05) is 58.7 Å². The molecule has 0 bridgehead atoms. The molecule has 1 atom stereocenters. The topological polar surface area (TPSA) is 43.9 Å². The lowest BCUT2D eigenvalue weighted by atomic mass is 9.95. The molecule has 2 aliphatic heterocycles. The van der Waals surface area contributed by atoms with Gasteiger partial charge in [-0.05, 0) is 30.9 Å². The third-order valence-corrected chi connectivity index (χ3v) is 5.56. The molecule has 2 fully saturated rings. The minimum Gasteiger partial charge on any atom is -0.346 e. The zero-order chi connectivity index (χ0) is 17.8. The molecule has 1 aromatic carbocycles. The van der Waals surface area contributed by atoms with Crippen LogP contribution in [0.25, 0.3) is 0 Å². The molecule has 3 rings (SSSR count). The highest BCUT2D eigenvalue weighted by molar-refractivity contribution is 5.86. The van der Waals surface area contributed by atoms with Crippen molar-refractivity contribution in [3.05, 3.63) is 35.4 Å². The highest BCUT2D eigenvalue weighted by Crippen LogP contribution is 2.21. The second-order valence-electron chi connectivity index (χ2n) is 7.39. The van der Waals surface area contributed by atoms with Crippen molar-refractivity contribution in [2.45, 2.75) is 32.7 Å². The number of amides is 2. The van der Waals surface area contributed by atoms with E-state index in [1.54, 1.807) is 4.90 Å². The number of aryl methyl sites for hydroxylation is 1. The molecule has 0 radical (unpaired) electrons. The van der Waals surface area contributed by atoms with E-state index in [1.807, 2.05) is 11.9 Å². The Morgan fingerprint density at radius 3 is 2.68 bits per heavy atom. The predicted molar refractivity (Wildman–Crippen MR) is 98.0 cm³/mol. The first-order valence-electron chi connectivity index (χ1n) is 9.34. The van der Waals surface area contributed by atoms with Crippen molar-refractivity contribution in [3.63, 3.8) is 0 Å². The van der Waals surface area contributed by atoms with Gasteiger partial charge < -0.3 is 9.80 Å². The SMILES string of the molecule is Cc1ccccc1CN1CCCN(C(=O)[C@@H]2CCN(C)C(=O)C2)CC1. The fourth-order valence-corrected chi connectivity index (χ4v) is 3.79. The molecule has 2 saturated heterocycles. The second kappa shape index (κ2) is 8.00. The average Bonchev–Trinajstić information content (AvgIpc) is 2.84. The summed E-state index contributed by atoms with van der Waals surface area (Å²) in [5.41, 5.74) is 2.69. The van der Waals surface area contributed by atoms with Gasteiger partial charge in [-0.3, -0.25) is 14.5 Å². The maximum atomic E-state index is 12.8. The first-order chi connectivity index (χ1) is 12.0. The number of piperidine rings is 1. The van der Waals surface area contributed by atoms with Crippen LogP contribution in [0.4, 0.5) is 0 Å². The smallest absolute Gasteiger partial charge is 0.226 e. The monoisotopic (exact) mass is 343 g/mol. The molecule has 25 heavy (non-hydrogen) atoms. The predicted octanol–water partition coefficient (Wildman–Crippen LogP) is 1.90. The normalized spacial score (nSPS) is 22.8. The summed E-state index contributed by atoms with van der Waals surface area (Å²) in [5, 5.41) is 0. The standard InChI is InChI=1S/C20H29N3O2/c1-16-6-3-4-7-18(16)15-22-9-5-10-23(13-12-22)20(25)17-8-11-21(2)19(24)14-17/h3-4,6-7,17H,5,8-15H2,1-2H3/t17-/m1/s1. The number of benzene rings is 1. The summed E-state index contributed by atoms with van der Waals surface area (Å²) in [4.78, 5) is 30.9. The van der Waals surface area contributed by atoms with E-state index < -0.39 is 0 Å². The molecule has 2 aliphatic rings. The van der Waals surface area contributed by atoms with E-state index in [-0.39, 0.29) is 17.7 Å². The van der Waals surface area contributed by atoms with E-state index in [2.05, 4.69) is 36.1 Å². The van der Waals surface area contributed by atoms with Crippen LogP contribution in [0.2, 0.25) is 0 Å². The van der Waals surface area contributed by atoms with Gasteiger partial charge in [-0.2, -0.15) is 0 Å². The number of carbonyl (C=O) groups is 2. The Labute approximate surface area is 150 Å². The molecule has 0 spiro atoms. The van der Waals surface area contributed by atoms with Gasteiger partial charge in [0.25, 0.3) is 0 Å². The fourth-order valence-electron chi connectivity index (χ4n) is 3.79. The van der Waals surface area contributed by atoms with Crippen molar-refractivity contribution in [2.24, 2.45) is 5.92 Å². The van der Waals surface area contributed by atoms with Gasteiger partial charge in [-0.25, -0.2) is 0 Å². The van der Waals surface area contributed by atoms with Crippen LogP contribution < -0.4 is 0 Å². The molecule has 5 heteroatoms. The summed E-state index contributed by atoms with van der Waals surface area (Å²) in [6, 6.07) is 8.50. The summed E-state index contributed by atoms with van der Waals surface area (Å²) >= 11 is 0. The van der Waals surface area contributed by atoms with E-state index in [0.29, 0.717) is 13.0 Å². The summed E-state index contributed by atoms with van der Waals surface area (Å²) in [6.45, 7) is 7.30. The number of likely N-dealkylation sites (tertiary alicyclic amines) is 1. The average molecular weight is 343 g/mol. The number of hydrogen-bond acceptors (Lipinski definition) is 3. The molecule has 1 aromatic rings. The van der Waals surface area contributed by atoms with Gasteiger partial charge in [0.2, 0.25) is 11.8 Å². The van der Waals surface area contributed by atoms with Gasteiger partial charge in [0.1, 0.15) is 0 Å². The van der Waals surface area contributed by atoms with Crippen LogP contribution in [0.15, 0.2) is 24.3 Å².